The molecule has 0 aliphatic rings. The average molecular weight is 268 g/mol. The fourth-order valence-electron chi connectivity index (χ4n) is 1.52. The molecule has 0 unspecified atom stereocenters. The van der Waals surface area contributed by atoms with Crippen molar-refractivity contribution in [2.75, 3.05) is 0 Å². The molecule has 0 spiro atoms. The molecule has 2 aromatic rings. The molecule has 2 rings (SSSR count). The number of halogens is 3. The average Bonchev–Trinajstić information content (AvgIpc) is 2.33. The molecule has 19 heavy (non-hydrogen) atoms. The molecule has 0 saturated carbocycles. The van der Waals surface area contributed by atoms with Crippen molar-refractivity contribution in [2.45, 2.75) is 19.5 Å². The van der Waals surface area contributed by atoms with E-state index in [-0.39, 0.29) is 17.2 Å². The Balaban J connectivity index is 2.22. The number of hydrogen-bond donors (Lipinski definition) is 0. The smallest absolute Gasteiger partial charge is 0.393 e. The Morgan fingerprint density at radius 3 is 2.42 bits per heavy atom. The highest BCUT2D eigenvalue weighted by molar-refractivity contribution is 5.36. The van der Waals surface area contributed by atoms with Gasteiger partial charge in [0.25, 0.3) is 0 Å². The van der Waals surface area contributed by atoms with Crippen LogP contribution in [0.15, 0.2) is 36.4 Å². The van der Waals surface area contributed by atoms with Gasteiger partial charge >= 0.3 is 6.18 Å². The van der Waals surface area contributed by atoms with Crippen LogP contribution in [0.4, 0.5) is 13.2 Å². The zero-order valence-corrected chi connectivity index (χ0v) is 10.1. The minimum Gasteiger partial charge on any atom is -0.437 e. The lowest BCUT2D eigenvalue weighted by molar-refractivity contribution is -0.127. The van der Waals surface area contributed by atoms with Crippen molar-refractivity contribution in [1.29, 1.82) is 0 Å². The molecule has 0 amide bonds. The fraction of sp³-hybridized carbons (Fsp3) is 0.231. The number of hydrogen-bond acceptors (Lipinski definition) is 3. The quantitative estimate of drug-likeness (QED) is 0.851. The maximum absolute atomic E-state index is 12.4. The maximum Gasteiger partial charge on any atom is 0.393 e. The predicted octanol–water partition coefficient (Wildman–Crippen LogP) is 3.68. The van der Waals surface area contributed by atoms with Gasteiger partial charge < -0.3 is 4.74 Å². The van der Waals surface area contributed by atoms with Crippen molar-refractivity contribution in [3.8, 4) is 11.6 Å². The van der Waals surface area contributed by atoms with E-state index in [4.69, 9.17) is 4.74 Å². The number of ether oxygens (including phenoxy) is 1. The SMILES string of the molecule is Cc1ccc(Oc2ccccc2CC(F)(F)F)nn1. The van der Waals surface area contributed by atoms with E-state index in [0.29, 0.717) is 5.69 Å². The molecule has 0 aliphatic carbocycles. The van der Waals surface area contributed by atoms with Crippen LogP contribution in [0.25, 0.3) is 0 Å². The van der Waals surface area contributed by atoms with E-state index in [9.17, 15) is 13.2 Å². The summed E-state index contributed by atoms with van der Waals surface area (Å²) in [6.07, 6.45) is -5.32. The molecule has 100 valence electrons. The lowest BCUT2D eigenvalue weighted by atomic mass is 10.1. The first-order valence-electron chi connectivity index (χ1n) is 5.57. The van der Waals surface area contributed by atoms with Crippen LogP contribution in [-0.4, -0.2) is 16.4 Å². The third-order valence-corrected chi connectivity index (χ3v) is 2.35. The summed E-state index contributed by atoms with van der Waals surface area (Å²) >= 11 is 0. The Hall–Kier alpha value is -2.11. The maximum atomic E-state index is 12.4. The zero-order chi connectivity index (χ0) is 13.9. The summed E-state index contributed by atoms with van der Waals surface area (Å²) in [7, 11) is 0. The molecule has 0 bridgehead atoms. The number of aryl methyl sites for hydroxylation is 1. The van der Waals surface area contributed by atoms with Gasteiger partial charge in [-0.05, 0) is 19.1 Å². The first-order chi connectivity index (χ1) is 8.94. The largest absolute Gasteiger partial charge is 0.437 e. The van der Waals surface area contributed by atoms with Gasteiger partial charge in [-0.25, -0.2) is 0 Å². The van der Waals surface area contributed by atoms with Crippen molar-refractivity contribution >= 4 is 0 Å². The summed E-state index contributed by atoms with van der Waals surface area (Å²) in [5.41, 5.74) is 0.772. The van der Waals surface area contributed by atoms with E-state index in [1.165, 1.54) is 18.2 Å². The number of nitrogens with zero attached hydrogens (tertiary/aromatic N) is 2. The molecule has 0 fully saturated rings. The van der Waals surface area contributed by atoms with Gasteiger partial charge in [-0.15, -0.1) is 5.10 Å². The van der Waals surface area contributed by atoms with Crippen LogP contribution < -0.4 is 4.74 Å². The molecule has 1 heterocycles. The number of alkyl halides is 3. The van der Waals surface area contributed by atoms with Crippen LogP contribution in [0.2, 0.25) is 0 Å². The van der Waals surface area contributed by atoms with Gasteiger partial charge in [-0.1, -0.05) is 18.2 Å². The molecule has 0 saturated heterocycles. The second-order valence-corrected chi connectivity index (χ2v) is 4.01. The van der Waals surface area contributed by atoms with E-state index in [1.54, 1.807) is 25.1 Å². The van der Waals surface area contributed by atoms with Crippen LogP contribution in [0.1, 0.15) is 11.3 Å². The number of aromatic nitrogens is 2. The minimum absolute atomic E-state index is 0.0670. The van der Waals surface area contributed by atoms with Gasteiger partial charge in [0, 0.05) is 11.6 Å². The second kappa shape index (κ2) is 5.26. The third-order valence-electron chi connectivity index (χ3n) is 2.35. The van der Waals surface area contributed by atoms with E-state index in [0.717, 1.165) is 0 Å². The van der Waals surface area contributed by atoms with E-state index < -0.39 is 12.6 Å². The molecule has 0 radical (unpaired) electrons. The minimum atomic E-state index is -4.28. The Morgan fingerprint density at radius 2 is 1.79 bits per heavy atom. The number of rotatable bonds is 3. The van der Waals surface area contributed by atoms with Gasteiger partial charge in [0.15, 0.2) is 0 Å². The Bertz CT molecular complexity index is 553. The highest BCUT2D eigenvalue weighted by atomic mass is 19.4. The first-order valence-corrected chi connectivity index (χ1v) is 5.57. The van der Waals surface area contributed by atoms with Crippen molar-refractivity contribution in [3.05, 3.63) is 47.7 Å². The molecule has 0 aliphatic heterocycles. The normalized spacial score (nSPS) is 11.4. The third kappa shape index (κ3) is 3.94. The van der Waals surface area contributed by atoms with Crippen molar-refractivity contribution < 1.29 is 17.9 Å². The monoisotopic (exact) mass is 268 g/mol. The molecule has 0 atom stereocenters. The lowest BCUT2D eigenvalue weighted by Crippen LogP contribution is -2.12. The topological polar surface area (TPSA) is 35.0 Å². The van der Waals surface area contributed by atoms with Gasteiger partial charge in [-0.3, -0.25) is 0 Å². The van der Waals surface area contributed by atoms with Crippen molar-refractivity contribution in [2.24, 2.45) is 0 Å². The van der Waals surface area contributed by atoms with Crippen molar-refractivity contribution in [1.82, 2.24) is 10.2 Å². The Labute approximate surface area is 108 Å². The molecule has 0 N–H and O–H groups in total. The fourth-order valence-corrected chi connectivity index (χ4v) is 1.52. The molecule has 1 aromatic heterocycles. The summed E-state index contributed by atoms with van der Waals surface area (Å²) in [5, 5.41) is 7.54. The Kier molecular flexibility index (Phi) is 3.69. The summed E-state index contributed by atoms with van der Waals surface area (Å²) in [6.45, 7) is 1.76. The molecule has 1 aromatic carbocycles. The standard InChI is InChI=1S/C13H11F3N2O/c1-9-6-7-12(18-17-9)19-11-5-3-2-4-10(11)8-13(14,15)16/h2-7H,8H2,1H3. The van der Waals surface area contributed by atoms with Crippen molar-refractivity contribution in [3.63, 3.8) is 0 Å². The van der Waals surface area contributed by atoms with Crippen LogP contribution in [0.3, 0.4) is 0 Å². The van der Waals surface area contributed by atoms with E-state index in [1.807, 2.05) is 0 Å². The summed E-state index contributed by atoms with van der Waals surface area (Å²) in [4.78, 5) is 0. The highest BCUT2D eigenvalue weighted by Crippen LogP contribution is 2.29. The van der Waals surface area contributed by atoms with Crippen LogP contribution in [0.5, 0.6) is 11.6 Å². The lowest BCUT2D eigenvalue weighted by Gasteiger charge is -2.11. The van der Waals surface area contributed by atoms with Gasteiger partial charge in [0.2, 0.25) is 5.88 Å². The number of benzene rings is 1. The van der Waals surface area contributed by atoms with E-state index >= 15 is 0 Å². The van der Waals surface area contributed by atoms with Gasteiger partial charge in [0.1, 0.15) is 5.75 Å². The van der Waals surface area contributed by atoms with Gasteiger partial charge in [-0.2, -0.15) is 18.3 Å². The number of para-hydroxylation sites is 1. The summed E-state index contributed by atoms with van der Waals surface area (Å²) in [5.74, 6) is 0.304. The Morgan fingerprint density at radius 1 is 1.05 bits per heavy atom. The molecule has 6 heteroatoms. The molecule has 3 nitrogen and oxygen atoms in total. The molecular formula is C13H11F3N2O. The van der Waals surface area contributed by atoms with Crippen LogP contribution >= 0.6 is 0 Å². The molecular weight excluding hydrogens is 257 g/mol. The van der Waals surface area contributed by atoms with E-state index in [2.05, 4.69) is 10.2 Å². The highest BCUT2D eigenvalue weighted by Gasteiger charge is 2.29. The van der Waals surface area contributed by atoms with Gasteiger partial charge in [0.05, 0.1) is 12.1 Å². The van der Waals surface area contributed by atoms with Crippen LogP contribution in [0, 0.1) is 6.92 Å². The summed E-state index contributed by atoms with van der Waals surface area (Å²) < 4.78 is 42.6. The second-order valence-electron chi connectivity index (χ2n) is 4.01. The predicted molar refractivity (Wildman–Crippen MR) is 63.0 cm³/mol. The summed E-state index contributed by atoms with van der Waals surface area (Å²) in [6, 6.07) is 9.24. The first kappa shape index (κ1) is 13.3. The zero-order valence-electron chi connectivity index (χ0n) is 10.1. The van der Waals surface area contributed by atoms with Crippen LogP contribution in [-0.2, 0) is 6.42 Å².